The number of likely N-dealkylation sites (N-methyl/N-ethyl adjacent to an activating group) is 1. The maximum Gasteiger partial charge on any atom is 0.305 e. The van der Waals surface area contributed by atoms with Crippen LogP contribution in [0.4, 0.5) is 0 Å². The summed E-state index contributed by atoms with van der Waals surface area (Å²) in [6.45, 7) is 7.58. The van der Waals surface area contributed by atoms with Crippen LogP contribution in [0, 0.1) is 11.8 Å². The molecule has 0 aliphatic carbocycles. The van der Waals surface area contributed by atoms with Gasteiger partial charge in [0.05, 0.1) is 6.42 Å². The van der Waals surface area contributed by atoms with E-state index in [1.807, 2.05) is 38.1 Å². The minimum absolute atomic E-state index is 0.00400. The van der Waals surface area contributed by atoms with E-state index in [0.717, 1.165) is 16.5 Å². The molecule has 5 atom stereocenters. The molecule has 0 unspecified atom stereocenters. The van der Waals surface area contributed by atoms with Crippen LogP contribution in [-0.4, -0.2) is 99.2 Å². The molecule has 244 valence electrons. The molecule has 13 heteroatoms. The van der Waals surface area contributed by atoms with Crippen molar-refractivity contribution >= 4 is 46.4 Å². The molecule has 2 aliphatic rings. The van der Waals surface area contributed by atoms with Gasteiger partial charge in [-0.2, -0.15) is 0 Å². The van der Waals surface area contributed by atoms with Gasteiger partial charge in [-0.15, -0.1) is 0 Å². The van der Waals surface area contributed by atoms with E-state index in [1.54, 1.807) is 20.0 Å². The highest BCUT2D eigenvalue weighted by Gasteiger charge is 2.42. The van der Waals surface area contributed by atoms with E-state index in [-0.39, 0.29) is 31.2 Å². The summed E-state index contributed by atoms with van der Waals surface area (Å²) >= 11 is 0. The number of aliphatic carboxylic acids is 1. The Kier molecular flexibility index (Phi) is 10.5. The Morgan fingerprint density at radius 3 is 2.29 bits per heavy atom. The molecule has 0 bridgehead atoms. The van der Waals surface area contributed by atoms with Crippen molar-refractivity contribution in [1.82, 2.24) is 30.7 Å². The average molecular weight is 625 g/mol. The summed E-state index contributed by atoms with van der Waals surface area (Å²) in [7, 11) is 1.51. The maximum absolute atomic E-state index is 14.0. The number of aromatic nitrogens is 1. The van der Waals surface area contributed by atoms with Crippen LogP contribution in [0.5, 0.6) is 0 Å². The number of nitrogens with zero attached hydrogens (tertiary/aromatic N) is 2. The van der Waals surface area contributed by atoms with E-state index < -0.39 is 72.1 Å². The number of carboxylic acids is 1. The number of nitrogens with one attached hydrogen (secondary N) is 4. The number of H-pyrrole nitrogens is 1. The molecule has 45 heavy (non-hydrogen) atoms. The predicted octanol–water partition coefficient (Wildman–Crippen LogP) is 1.17. The Labute approximate surface area is 262 Å². The van der Waals surface area contributed by atoms with Gasteiger partial charge in [-0.3, -0.25) is 28.8 Å². The van der Waals surface area contributed by atoms with Gasteiger partial charge in [0, 0.05) is 37.1 Å². The van der Waals surface area contributed by atoms with E-state index in [4.69, 9.17) is 0 Å². The lowest BCUT2D eigenvalue weighted by molar-refractivity contribution is -0.146. The second kappa shape index (κ2) is 14.1. The van der Waals surface area contributed by atoms with Crippen molar-refractivity contribution in [1.29, 1.82) is 0 Å². The highest BCUT2D eigenvalue weighted by atomic mass is 16.4. The molecule has 13 nitrogen and oxygen atoms in total. The first-order valence-corrected chi connectivity index (χ1v) is 15.5. The number of aromatic amines is 1. The number of hydrogen-bond donors (Lipinski definition) is 5. The highest BCUT2D eigenvalue weighted by Crippen LogP contribution is 2.23. The Morgan fingerprint density at radius 1 is 0.933 bits per heavy atom. The van der Waals surface area contributed by atoms with Crippen molar-refractivity contribution in [2.75, 3.05) is 13.6 Å². The third kappa shape index (κ3) is 7.63. The predicted molar refractivity (Wildman–Crippen MR) is 166 cm³/mol. The second-order valence-electron chi connectivity index (χ2n) is 12.8. The summed E-state index contributed by atoms with van der Waals surface area (Å²) in [6.07, 6.45) is 2.15. The summed E-state index contributed by atoms with van der Waals surface area (Å²) in [5, 5.41) is 18.7. The van der Waals surface area contributed by atoms with Gasteiger partial charge in [-0.1, -0.05) is 45.9 Å². The van der Waals surface area contributed by atoms with Gasteiger partial charge in [0.25, 0.3) is 0 Å². The summed E-state index contributed by atoms with van der Waals surface area (Å²) in [4.78, 5) is 86.7. The molecule has 5 amide bonds. The molecule has 2 aromatic rings. The number of rotatable bonds is 7. The quantitative estimate of drug-likeness (QED) is 0.307. The number of carbonyl (C=O) groups excluding carboxylic acids is 5. The fraction of sp³-hybridized carbons (Fsp3) is 0.562. The van der Waals surface area contributed by atoms with Crippen LogP contribution in [0.3, 0.4) is 0 Å². The number of para-hydroxylation sites is 1. The SMILES string of the molecule is CC(C)C[C@H]1C(=O)N[C@H](Cc2c[nH]c3ccccc23)C(=O)N[C@H](CC(=O)O)C(=O)N2CCC[C@H]2C(=O)N[C@H](C(C)C)C(=O)N1C. The summed E-state index contributed by atoms with van der Waals surface area (Å²) in [5.74, 6) is -4.71. The smallest absolute Gasteiger partial charge is 0.305 e. The molecule has 2 aliphatic heterocycles. The number of carbonyl (C=O) groups is 6. The Bertz CT molecular complexity index is 1450. The molecule has 5 N–H and O–H groups in total. The molecule has 2 saturated heterocycles. The minimum atomic E-state index is -1.48. The zero-order chi connectivity index (χ0) is 33.0. The van der Waals surface area contributed by atoms with E-state index >= 15 is 0 Å². The Morgan fingerprint density at radius 2 is 1.62 bits per heavy atom. The first kappa shape index (κ1) is 33.5. The third-order valence-electron chi connectivity index (χ3n) is 8.61. The molecular weight excluding hydrogens is 580 g/mol. The lowest BCUT2D eigenvalue weighted by Gasteiger charge is -2.34. The third-order valence-corrected chi connectivity index (χ3v) is 8.61. The number of hydrogen-bond acceptors (Lipinski definition) is 6. The van der Waals surface area contributed by atoms with Gasteiger partial charge < -0.3 is 35.8 Å². The van der Waals surface area contributed by atoms with Crippen molar-refractivity contribution in [2.24, 2.45) is 11.8 Å². The normalized spacial score (nSPS) is 25.6. The van der Waals surface area contributed by atoms with Gasteiger partial charge in [0.15, 0.2) is 0 Å². The molecule has 3 heterocycles. The molecule has 1 aromatic carbocycles. The zero-order valence-electron chi connectivity index (χ0n) is 26.5. The first-order chi connectivity index (χ1) is 21.3. The summed E-state index contributed by atoms with van der Waals surface area (Å²) in [5.41, 5.74) is 1.56. The zero-order valence-corrected chi connectivity index (χ0v) is 26.5. The van der Waals surface area contributed by atoms with Crippen LogP contribution in [0.15, 0.2) is 30.5 Å². The van der Waals surface area contributed by atoms with Crippen molar-refractivity contribution in [3.63, 3.8) is 0 Å². The molecule has 0 saturated carbocycles. The van der Waals surface area contributed by atoms with Crippen molar-refractivity contribution in [3.05, 3.63) is 36.0 Å². The van der Waals surface area contributed by atoms with Gasteiger partial charge in [-0.25, -0.2) is 0 Å². The fourth-order valence-corrected chi connectivity index (χ4v) is 6.17. The maximum atomic E-state index is 14.0. The molecule has 1 aromatic heterocycles. The number of benzene rings is 1. The topological polar surface area (TPSA) is 181 Å². The van der Waals surface area contributed by atoms with Gasteiger partial charge in [0.2, 0.25) is 29.5 Å². The fourth-order valence-electron chi connectivity index (χ4n) is 6.17. The standard InChI is InChI=1S/C32H44N6O7/c1-17(2)13-25-30(43)34-22(14-19-16-33-21-10-7-6-9-20(19)21)28(41)35-23(15-26(39)40)31(44)38-12-8-11-24(38)29(42)36-27(18(3)4)32(45)37(25)5/h6-7,9-10,16-18,22-25,27,33H,8,11-15H2,1-5H3,(H,34,43)(H,35,41)(H,36,42)(H,39,40)/t22-,23-,24+,25+,27-/m1/s1. The van der Waals surface area contributed by atoms with E-state index in [2.05, 4.69) is 20.9 Å². The van der Waals surface area contributed by atoms with Crippen molar-refractivity contribution in [3.8, 4) is 0 Å². The Hall–Kier alpha value is -4.42. The van der Waals surface area contributed by atoms with E-state index in [0.29, 0.717) is 12.8 Å². The van der Waals surface area contributed by atoms with Crippen molar-refractivity contribution in [2.45, 2.75) is 90.0 Å². The molecule has 0 spiro atoms. The second-order valence-corrected chi connectivity index (χ2v) is 12.8. The first-order valence-electron chi connectivity index (χ1n) is 15.5. The van der Waals surface area contributed by atoms with E-state index in [1.165, 1.54) is 16.8 Å². The van der Waals surface area contributed by atoms with Gasteiger partial charge in [0.1, 0.15) is 30.2 Å². The van der Waals surface area contributed by atoms with Crippen LogP contribution >= 0.6 is 0 Å². The van der Waals surface area contributed by atoms with Gasteiger partial charge in [-0.05, 0) is 42.7 Å². The Balaban J connectivity index is 1.80. The van der Waals surface area contributed by atoms with Crippen LogP contribution in [0.2, 0.25) is 0 Å². The lowest BCUT2D eigenvalue weighted by Crippen LogP contribution is -2.59. The number of amides is 5. The lowest BCUT2D eigenvalue weighted by atomic mass is 9.97. The minimum Gasteiger partial charge on any atom is -0.481 e. The summed E-state index contributed by atoms with van der Waals surface area (Å²) < 4.78 is 0. The summed E-state index contributed by atoms with van der Waals surface area (Å²) in [6, 6.07) is 1.88. The van der Waals surface area contributed by atoms with E-state index in [9.17, 15) is 33.9 Å². The number of carboxylic acid groups (broad SMARTS) is 1. The number of fused-ring (bicyclic) bond motifs is 2. The molecular formula is C32H44N6O7. The van der Waals surface area contributed by atoms with Crippen LogP contribution < -0.4 is 16.0 Å². The van der Waals surface area contributed by atoms with Crippen LogP contribution in [-0.2, 0) is 35.2 Å². The van der Waals surface area contributed by atoms with Crippen LogP contribution in [0.1, 0.15) is 58.9 Å². The monoisotopic (exact) mass is 624 g/mol. The van der Waals surface area contributed by atoms with Gasteiger partial charge >= 0.3 is 5.97 Å². The largest absolute Gasteiger partial charge is 0.481 e. The average Bonchev–Trinajstić information content (AvgIpc) is 3.63. The molecule has 2 fully saturated rings. The highest BCUT2D eigenvalue weighted by molar-refractivity contribution is 5.99. The molecule has 0 radical (unpaired) electrons. The van der Waals surface area contributed by atoms with Crippen LogP contribution in [0.25, 0.3) is 10.9 Å². The van der Waals surface area contributed by atoms with Crippen molar-refractivity contribution < 1.29 is 33.9 Å². The molecule has 4 rings (SSSR count).